The molecule has 1 aliphatic rings. The molecule has 0 fully saturated rings. The van der Waals surface area contributed by atoms with E-state index in [1.54, 1.807) is 37.3 Å². The number of fused-ring (bicyclic) bond motifs is 1. The van der Waals surface area contributed by atoms with E-state index in [2.05, 4.69) is 16.0 Å². The summed E-state index contributed by atoms with van der Waals surface area (Å²) in [5.74, 6) is -1.29. The van der Waals surface area contributed by atoms with E-state index in [4.69, 9.17) is 0 Å². The van der Waals surface area contributed by atoms with Crippen molar-refractivity contribution in [2.45, 2.75) is 32.0 Å². The molecule has 1 heterocycles. The number of halogens is 1. The predicted octanol–water partition coefficient (Wildman–Crippen LogP) is 3.64. The molecule has 0 aliphatic carbocycles. The van der Waals surface area contributed by atoms with Gasteiger partial charge in [-0.1, -0.05) is 60.7 Å². The number of rotatable bonds is 5. The Morgan fingerprint density at radius 3 is 2.45 bits per heavy atom. The lowest BCUT2D eigenvalue weighted by Crippen LogP contribution is -2.50. The lowest BCUT2D eigenvalue weighted by Gasteiger charge is -2.27. The van der Waals surface area contributed by atoms with E-state index >= 15 is 0 Å². The van der Waals surface area contributed by atoms with Crippen LogP contribution < -0.4 is 16.0 Å². The Balaban J connectivity index is 1.53. The molecule has 0 bridgehead atoms. The van der Waals surface area contributed by atoms with Gasteiger partial charge in [0.25, 0.3) is 5.91 Å². The van der Waals surface area contributed by atoms with Crippen LogP contribution >= 0.6 is 0 Å². The molecule has 0 radical (unpaired) electrons. The van der Waals surface area contributed by atoms with Gasteiger partial charge >= 0.3 is 0 Å². The van der Waals surface area contributed by atoms with E-state index in [-0.39, 0.29) is 11.6 Å². The quantitative estimate of drug-likeness (QED) is 0.594. The highest BCUT2D eigenvalue weighted by atomic mass is 19.1. The fraction of sp³-hybridized carbons (Fsp3) is 0.200. The van der Waals surface area contributed by atoms with Crippen LogP contribution in [0.4, 0.5) is 10.1 Å². The fourth-order valence-electron chi connectivity index (χ4n) is 3.75. The molecule has 4 rings (SSSR count). The highest BCUT2D eigenvalue weighted by Gasteiger charge is 2.29. The lowest BCUT2D eigenvalue weighted by atomic mass is 9.95. The molecule has 0 aromatic heterocycles. The highest BCUT2D eigenvalue weighted by molar-refractivity contribution is 5.98. The van der Waals surface area contributed by atoms with Crippen molar-refractivity contribution in [3.05, 3.63) is 101 Å². The molecule has 6 heteroatoms. The molecule has 2 unspecified atom stereocenters. The van der Waals surface area contributed by atoms with Gasteiger partial charge in [0.05, 0.1) is 11.7 Å². The standard InChI is InChI=1S/C25H24FN3O2/c1-16-11-12-21(20(26)13-16)28-25(31)23(17-7-3-2-4-8-17)29-24(30)22-14-18-9-5-6-10-19(18)15-27-22/h2-13,22-23,27H,14-15H2,1H3,(H,28,31)(H,29,30). The maximum absolute atomic E-state index is 14.3. The number of benzene rings is 3. The Labute approximate surface area is 180 Å². The molecular formula is C25H24FN3O2. The zero-order valence-corrected chi connectivity index (χ0v) is 17.2. The van der Waals surface area contributed by atoms with Gasteiger partial charge in [-0.05, 0) is 47.7 Å². The monoisotopic (exact) mass is 417 g/mol. The molecule has 158 valence electrons. The second-order valence-electron chi connectivity index (χ2n) is 7.73. The van der Waals surface area contributed by atoms with Crippen LogP contribution in [0.1, 0.15) is 28.3 Å². The number of hydrogen-bond acceptors (Lipinski definition) is 3. The number of amides is 2. The van der Waals surface area contributed by atoms with Crippen molar-refractivity contribution >= 4 is 17.5 Å². The van der Waals surface area contributed by atoms with Crippen molar-refractivity contribution in [1.82, 2.24) is 10.6 Å². The third-order valence-electron chi connectivity index (χ3n) is 5.46. The van der Waals surface area contributed by atoms with Crippen LogP contribution in [0.2, 0.25) is 0 Å². The van der Waals surface area contributed by atoms with E-state index in [0.29, 0.717) is 18.5 Å². The van der Waals surface area contributed by atoms with Crippen molar-refractivity contribution in [2.24, 2.45) is 0 Å². The average Bonchev–Trinajstić information content (AvgIpc) is 2.79. The second-order valence-corrected chi connectivity index (χ2v) is 7.73. The molecule has 2 atom stereocenters. The normalized spacial score (nSPS) is 16.1. The molecule has 3 aromatic rings. The lowest BCUT2D eigenvalue weighted by molar-refractivity contribution is -0.128. The van der Waals surface area contributed by atoms with Gasteiger partial charge in [-0.15, -0.1) is 0 Å². The van der Waals surface area contributed by atoms with Crippen LogP contribution in [0.25, 0.3) is 0 Å². The minimum atomic E-state index is -0.951. The first-order valence-corrected chi connectivity index (χ1v) is 10.2. The van der Waals surface area contributed by atoms with Crippen molar-refractivity contribution in [3.8, 4) is 0 Å². The van der Waals surface area contributed by atoms with E-state index in [1.165, 1.54) is 17.7 Å². The van der Waals surface area contributed by atoms with Crippen molar-refractivity contribution < 1.29 is 14.0 Å². The van der Waals surface area contributed by atoms with Crippen molar-refractivity contribution in [2.75, 3.05) is 5.32 Å². The zero-order valence-electron chi connectivity index (χ0n) is 17.2. The first-order valence-electron chi connectivity index (χ1n) is 10.2. The largest absolute Gasteiger partial charge is 0.339 e. The minimum Gasteiger partial charge on any atom is -0.339 e. The summed E-state index contributed by atoms with van der Waals surface area (Å²) in [5.41, 5.74) is 3.74. The molecular weight excluding hydrogens is 393 g/mol. The Hall–Kier alpha value is -3.51. The third kappa shape index (κ3) is 4.81. The Morgan fingerprint density at radius 2 is 1.71 bits per heavy atom. The van der Waals surface area contributed by atoms with E-state index in [1.807, 2.05) is 30.3 Å². The number of nitrogens with one attached hydrogen (secondary N) is 3. The summed E-state index contributed by atoms with van der Waals surface area (Å²) >= 11 is 0. The van der Waals surface area contributed by atoms with Crippen molar-refractivity contribution in [1.29, 1.82) is 0 Å². The van der Waals surface area contributed by atoms with Gasteiger partial charge in [-0.2, -0.15) is 0 Å². The number of aryl methyl sites for hydroxylation is 1. The number of carbonyl (C=O) groups excluding carboxylic acids is 2. The van der Waals surface area contributed by atoms with Crippen LogP contribution in [0.15, 0.2) is 72.8 Å². The predicted molar refractivity (Wildman–Crippen MR) is 118 cm³/mol. The van der Waals surface area contributed by atoms with Crippen molar-refractivity contribution in [3.63, 3.8) is 0 Å². The molecule has 2 amide bonds. The third-order valence-corrected chi connectivity index (χ3v) is 5.46. The van der Waals surface area contributed by atoms with Gasteiger partial charge in [0, 0.05) is 6.54 Å². The molecule has 3 aromatic carbocycles. The van der Waals surface area contributed by atoms with Gasteiger partial charge < -0.3 is 16.0 Å². The van der Waals surface area contributed by atoms with E-state index in [0.717, 1.165) is 11.1 Å². The number of hydrogen-bond donors (Lipinski definition) is 3. The fourth-order valence-corrected chi connectivity index (χ4v) is 3.75. The Morgan fingerprint density at radius 1 is 1.00 bits per heavy atom. The van der Waals surface area contributed by atoms with Gasteiger partial charge in [-0.3, -0.25) is 9.59 Å². The van der Waals surface area contributed by atoms with E-state index < -0.39 is 23.8 Å². The maximum Gasteiger partial charge on any atom is 0.251 e. The highest BCUT2D eigenvalue weighted by Crippen LogP contribution is 2.21. The first kappa shape index (κ1) is 20.8. The molecule has 3 N–H and O–H groups in total. The molecule has 0 spiro atoms. The summed E-state index contributed by atoms with van der Waals surface area (Å²) in [6.07, 6.45) is 0.539. The SMILES string of the molecule is Cc1ccc(NC(=O)C(NC(=O)C2Cc3ccccc3CN2)c2ccccc2)c(F)c1. The summed E-state index contributed by atoms with van der Waals surface area (Å²) in [6.45, 7) is 2.36. The van der Waals surface area contributed by atoms with Gasteiger partial charge in [0.15, 0.2) is 0 Å². The zero-order chi connectivity index (χ0) is 21.8. The minimum absolute atomic E-state index is 0.0792. The van der Waals surface area contributed by atoms with Crippen LogP contribution in [0, 0.1) is 12.7 Å². The summed E-state index contributed by atoms with van der Waals surface area (Å²) in [7, 11) is 0. The van der Waals surface area contributed by atoms with Gasteiger partial charge in [0.1, 0.15) is 11.9 Å². The first-order chi connectivity index (χ1) is 15.0. The topological polar surface area (TPSA) is 70.2 Å². The summed E-state index contributed by atoms with van der Waals surface area (Å²) < 4.78 is 14.3. The van der Waals surface area contributed by atoms with Crippen LogP contribution in [-0.2, 0) is 22.6 Å². The Bertz CT molecular complexity index is 1100. The van der Waals surface area contributed by atoms with Gasteiger partial charge in [0.2, 0.25) is 5.91 Å². The molecule has 0 saturated heterocycles. The summed E-state index contributed by atoms with van der Waals surface area (Å²) in [5, 5.41) is 8.69. The summed E-state index contributed by atoms with van der Waals surface area (Å²) in [4.78, 5) is 26.1. The maximum atomic E-state index is 14.3. The number of anilines is 1. The Kier molecular flexibility index (Phi) is 6.09. The second kappa shape index (κ2) is 9.10. The van der Waals surface area contributed by atoms with Crippen LogP contribution in [-0.4, -0.2) is 17.9 Å². The average molecular weight is 417 g/mol. The molecule has 5 nitrogen and oxygen atoms in total. The smallest absolute Gasteiger partial charge is 0.251 e. The van der Waals surface area contributed by atoms with Crippen LogP contribution in [0.5, 0.6) is 0 Å². The molecule has 1 aliphatic heterocycles. The molecule has 31 heavy (non-hydrogen) atoms. The summed E-state index contributed by atoms with van der Waals surface area (Å²) in [6, 6.07) is 20.1. The molecule has 0 saturated carbocycles. The number of carbonyl (C=O) groups is 2. The van der Waals surface area contributed by atoms with Gasteiger partial charge in [-0.25, -0.2) is 4.39 Å². The van der Waals surface area contributed by atoms with Crippen LogP contribution in [0.3, 0.4) is 0 Å². The van der Waals surface area contributed by atoms with E-state index in [9.17, 15) is 14.0 Å².